The summed E-state index contributed by atoms with van der Waals surface area (Å²) in [7, 11) is 1.64. The first kappa shape index (κ1) is 20.6. The molecule has 0 bridgehead atoms. The molecule has 7 heteroatoms. The van der Waals surface area contributed by atoms with Crippen LogP contribution in [-0.4, -0.2) is 50.0 Å². The minimum Gasteiger partial charge on any atom is -0.495 e. The van der Waals surface area contributed by atoms with Crippen molar-refractivity contribution in [2.24, 2.45) is 5.41 Å². The molecule has 6 nitrogen and oxygen atoms in total. The van der Waals surface area contributed by atoms with Crippen LogP contribution in [0.5, 0.6) is 5.75 Å². The van der Waals surface area contributed by atoms with E-state index in [-0.39, 0.29) is 23.6 Å². The number of rotatable bonds is 7. The second-order valence-corrected chi connectivity index (χ2v) is 8.23. The van der Waals surface area contributed by atoms with Gasteiger partial charge < -0.3 is 25.4 Å². The van der Waals surface area contributed by atoms with Crippen molar-refractivity contribution < 1.29 is 14.6 Å². The number of hydrogen-bond donors (Lipinski definition) is 3. The normalized spacial score (nSPS) is 18.5. The predicted molar refractivity (Wildman–Crippen MR) is 105 cm³/mol. The van der Waals surface area contributed by atoms with Crippen LogP contribution in [0, 0.1) is 5.41 Å². The van der Waals surface area contributed by atoms with Crippen LogP contribution >= 0.6 is 11.6 Å². The number of nitrogens with zero attached hydrogens (tertiary/aromatic N) is 1. The summed E-state index contributed by atoms with van der Waals surface area (Å²) in [4.78, 5) is 14.4. The monoisotopic (exact) mass is 383 g/mol. The zero-order chi connectivity index (χ0) is 19.3. The number of benzene rings is 1. The fourth-order valence-corrected chi connectivity index (χ4v) is 3.60. The Balaban J connectivity index is 1.86. The maximum atomic E-state index is 12.2. The maximum Gasteiger partial charge on any atom is 0.315 e. The SMILES string of the molecule is COc1ccc(Cl)cc1N1CCC(NC(=O)NCC(C)(C)CC(C)O)C1. The molecule has 0 saturated carbocycles. The van der Waals surface area contributed by atoms with E-state index in [4.69, 9.17) is 16.3 Å². The number of carbonyl (C=O) groups is 1. The Morgan fingerprint density at radius 3 is 2.88 bits per heavy atom. The molecule has 2 amide bonds. The fourth-order valence-electron chi connectivity index (χ4n) is 3.44. The topological polar surface area (TPSA) is 73.8 Å². The summed E-state index contributed by atoms with van der Waals surface area (Å²) < 4.78 is 5.42. The number of methoxy groups -OCH3 is 1. The van der Waals surface area contributed by atoms with Gasteiger partial charge in [-0.1, -0.05) is 25.4 Å². The van der Waals surface area contributed by atoms with Gasteiger partial charge in [0.1, 0.15) is 5.75 Å². The highest BCUT2D eigenvalue weighted by Crippen LogP contribution is 2.33. The largest absolute Gasteiger partial charge is 0.495 e. The van der Waals surface area contributed by atoms with E-state index < -0.39 is 0 Å². The Labute approximate surface area is 160 Å². The average molecular weight is 384 g/mol. The lowest BCUT2D eigenvalue weighted by Crippen LogP contribution is -2.46. The Kier molecular flexibility index (Phi) is 7.01. The van der Waals surface area contributed by atoms with Crippen molar-refractivity contribution in [2.75, 3.05) is 31.6 Å². The Bertz CT molecular complexity index is 622. The summed E-state index contributed by atoms with van der Waals surface area (Å²) in [5, 5.41) is 16.1. The molecule has 0 radical (unpaired) electrons. The number of halogens is 1. The predicted octanol–water partition coefficient (Wildman–Crippen LogP) is 3.02. The molecular formula is C19H30ClN3O3. The number of amides is 2. The zero-order valence-electron chi connectivity index (χ0n) is 16.0. The summed E-state index contributed by atoms with van der Waals surface area (Å²) >= 11 is 6.11. The van der Waals surface area contributed by atoms with Gasteiger partial charge in [0, 0.05) is 30.7 Å². The van der Waals surface area contributed by atoms with Gasteiger partial charge >= 0.3 is 6.03 Å². The lowest BCUT2D eigenvalue weighted by Gasteiger charge is -2.27. The molecule has 2 unspecified atom stereocenters. The summed E-state index contributed by atoms with van der Waals surface area (Å²) in [6.45, 7) is 7.88. The molecule has 3 N–H and O–H groups in total. The number of anilines is 1. The standard InChI is InChI=1S/C19H30ClN3O3/c1-13(24)10-19(2,3)12-21-18(25)22-15-7-8-23(11-15)16-9-14(20)5-6-17(16)26-4/h5-6,9,13,15,24H,7-8,10-12H2,1-4H3,(H2,21,22,25). The lowest BCUT2D eigenvalue weighted by molar-refractivity contribution is 0.128. The van der Waals surface area contributed by atoms with Crippen LogP contribution in [0.1, 0.15) is 33.6 Å². The molecule has 146 valence electrons. The molecule has 0 aliphatic carbocycles. The van der Waals surface area contributed by atoms with Gasteiger partial charge in [-0.2, -0.15) is 0 Å². The number of ether oxygens (including phenoxy) is 1. The van der Waals surface area contributed by atoms with Gasteiger partial charge in [0.2, 0.25) is 0 Å². The first-order chi connectivity index (χ1) is 12.2. The van der Waals surface area contributed by atoms with E-state index in [9.17, 15) is 9.90 Å². The molecule has 1 fully saturated rings. The van der Waals surface area contributed by atoms with Crippen molar-refractivity contribution in [3.8, 4) is 5.75 Å². The lowest BCUT2D eigenvalue weighted by atomic mass is 9.87. The second kappa shape index (κ2) is 8.82. The molecule has 2 atom stereocenters. The third kappa shape index (κ3) is 5.95. The molecule has 2 rings (SSSR count). The molecule has 1 aromatic carbocycles. The van der Waals surface area contributed by atoms with Gasteiger partial charge in [-0.25, -0.2) is 4.79 Å². The van der Waals surface area contributed by atoms with Gasteiger partial charge in [-0.15, -0.1) is 0 Å². The highest BCUT2D eigenvalue weighted by Gasteiger charge is 2.27. The van der Waals surface area contributed by atoms with Crippen LogP contribution in [0.25, 0.3) is 0 Å². The Morgan fingerprint density at radius 1 is 1.50 bits per heavy atom. The van der Waals surface area contributed by atoms with Gasteiger partial charge in [-0.05, 0) is 43.4 Å². The van der Waals surface area contributed by atoms with E-state index in [2.05, 4.69) is 15.5 Å². The van der Waals surface area contributed by atoms with Crippen molar-refractivity contribution in [1.29, 1.82) is 0 Å². The van der Waals surface area contributed by atoms with Crippen LogP contribution in [0.2, 0.25) is 5.02 Å². The van der Waals surface area contributed by atoms with Crippen molar-refractivity contribution >= 4 is 23.3 Å². The molecule has 1 heterocycles. The molecule has 1 aromatic rings. The molecule has 1 aliphatic heterocycles. The summed E-state index contributed by atoms with van der Waals surface area (Å²) in [6, 6.07) is 5.45. The first-order valence-electron chi connectivity index (χ1n) is 9.01. The van der Waals surface area contributed by atoms with Crippen LogP contribution in [0.4, 0.5) is 10.5 Å². The van der Waals surface area contributed by atoms with Crippen molar-refractivity contribution in [1.82, 2.24) is 10.6 Å². The van der Waals surface area contributed by atoms with Gasteiger partial charge in [0.15, 0.2) is 0 Å². The smallest absolute Gasteiger partial charge is 0.315 e. The van der Waals surface area contributed by atoms with Crippen molar-refractivity contribution in [3.05, 3.63) is 23.2 Å². The number of hydrogen-bond acceptors (Lipinski definition) is 4. The van der Waals surface area contributed by atoms with E-state index in [1.54, 1.807) is 20.1 Å². The van der Waals surface area contributed by atoms with Crippen LogP contribution in [-0.2, 0) is 0 Å². The Morgan fingerprint density at radius 2 is 2.23 bits per heavy atom. The van der Waals surface area contributed by atoms with Crippen LogP contribution in [0.15, 0.2) is 18.2 Å². The van der Waals surface area contributed by atoms with Gasteiger partial charge in [-0.3, -0.25) is 0 Å². The van der Waals surface area contributed by atoms with E-state index in [1.807, 2.05) is 26.0 Å². The number of nitrogens with one attached hydrogen (secondary N) is 2. The van der Waals surface area contributed by atoms with E-state index in [0.717, 1.165) is 24.4 Å². The average Bonchev–Trinajstić information content (AvgIpc) is 3.00. The third-order valence-electron chi connectivity index (χ3n) is 4.58. The highest BCUT2D eigenvalue weighted by molar-refractivity contribution is 6.30. The summed E-state index contributed by atoms with van der Waals surface area (Å²) in [5.74, 6) is 0.777. The molecule has 1 saturated heterocycles. The second-order valence-electron chi connectivity index (χ2n) is 7.79. The minimum absolute atomic E-state index is 0.0681. The number of carbonyl (C=O) groups excluding carboxylic acids is 1. The molecule has 0 spiro atoms. The first-order valence-corrected chi connectivity index (χ1v) is 9.39. The minimum atomic E-state index is -0.383. The Hall–Kier alpha value is -1.66. The van der Waals surface area contributed by atoms with E-state index in [0.29, 0.717) is 24.5 Å². The molecule has 26 heavy (non-hydrogen) atoms. The highest BCUT2D eigenvalue weighted by atomic mass is 35.5. The van der Waals surface area contributed by atoms with Crippen molar-refractivity contribution in [2.45, 2.75) is 45.8 Å². The zero-order valence-corrected chi connectivity index (χ0v) is 16.8. The fraction of sp³-hybridized carbons (Fsp3) is 0.632. The van der Waals surface area contributed by atoms with Gasteiger partial charge in [0.25, 0.3) is 0 Å². The summed E-state index contributed by atoms with van der Waals surface area (Å²) in [5.41, 5.74) is 0.796. The molecule has 1 aliphatic rings. The van der Waals surface area contributed by atoms with Crippen molar-refractivity contribution in [3.63, 3.8) is 0 Å². The van der Waals surface area contributed by atoms with Crippen LogP contribution < -0.4 is 20.3 Å². The molecule has 0 aromatic heterocycles. The van der Waals surface area contributed by atoms with Gasteiger partial charge in [0.05, 0.1) is 18.9 Å². The summed E-state index contributed by atoms with van der Waals surface area (Å²) in [6.07, 6.45) is 1.12. The number of aliphatic hydroxyl groups excluding tert-OH is 1. The van der Waals surface area contributed by atoms with Crippen LogP contribution in [0.3, 0.4) is 0 Å². The quantitative estimate of drug-likeness (QED) is 0.676. The molecular weight excluding hydrogens is 354 g/mol. The number of urea groups is 1. The third-order valence-corrected chi connectivity index (χ3v) is 4.82. The van der Waals surface area contributed by atoms with E-state index >= 15 is 0 Å². The van der Waals surface area contributed by atoms with E-state index in [1.165, 1.54) is 0 Å². The number of aliphatic hydroxyl groups is 1. The maximum absolute atomic E-state index is 12.2.